The summed E-state index contributed by atoms with van der Waals surface area (Å²) >= 11 is 0. The van der Waals surface area contributed by atoms with E-state index < -0.39 is 0 Å². The molecule has 3 rings (SSSR count). The predicted octanol–water partition coefficient (Wildman–Crippen LogP) is 0.461. The lowest BCUT2D eigenvalue weighted by molar-refractivity contribution is 0.0125. The molecule has 0 aliphatic carbocycles. The van der Waals surface area contributed by atoms with Crippen molar-refractivity contribution in [1.82, 2.24) is 10.2 Å². The van der Waals surface area contributed by atoms with Gasteiger partial charge in [0.15, 0.2) is 0 Å². The molecule has 1 N–H and O–H groups in total. The lowest BCUT2D eigenvalue weighted by Crippen LogP contribution is -2.41. The van der Waals surface area contributed by atoms with Gasteiger partial charge in [-0.05, 0) is 37.8 Å². The van der Waals surface area contributed by atoms with Gasteiger partial charge < -0.3 is 10.1 Å². The molecule has 3 heteroatoms. The van der Waals surface area contributed by atoms with Gasteiger partial charge in [0.25, 0.3) is 0 Å². The largest absolute Gasteiger partial charge is 0.378 e. The van der Waals surface area contributed by atoms with Gasteiger partial charge in [-0.3, -0.25) is 4.90 Å². The molecular formula is C11H20N2O. The fourth-order valence-corrected chi connectivity index (χ4v) is 3.40. The molecule has 3 saturated heterocycles. The second-order valence-electron chi connectivity index (χ2n) is 5.15. The Kier molecular flexibility index (Phi) is 2.26. The molecule has 0 saturated carbocycles. The summed E-state index contributed by atoms with van der Waals surface area (Å²) in [6.45, 7) is 6.88. The van der Waals surface area contributed by atoms with E-state index in [1.54, 1.807) is 0 Å². The van der Waals surface area contributed by atoms with E-state index in [-0.39, 0.29) is 0 Å². The lowest BCUT2D eigenvalue weighted by Gasteiger charge is -2.33. The first kappa shape index (κ1) is 9.13. The van der Waals surface area contributed by atoms with Gasteiger partial charge in [-0.1, -0.05) is 0 Å². The molecule has 3 nitrogen and oxygen atoms in total. The third-order valence-corrected chi connectivity index (χ3v) is 4.22. The molecule has 1 atom stereocenters. The first-order valence-corrected chi connectivity index (χ1v) is 5.91. The van der Waals surface area contributed by atoms with Crippen LogP contribution in [0, 0.1) is 5.41 Å². The van der Waals surface area contributed by atoms with Crippen LogP contribution in [0.15, 0.2) is 0 Å². The molecule has 0 bridgehead atoms. The van der Waals surface area contributed by atoms with Gasteiger partial charge in [0, 0.05) is 19.1 Å². The highest BCUT2D eigenvalue weighted by molar-refractivity contribution is 4.98. The van der Waals surface area contributed by atoms with Gasteiger partial charge in [-0.25, -0.2) is 0 Å². The number of rotatable bonds is 0. The molecule has 3 heterocycles. The summed E-state index contributed by atoms with van der Waals surface area (Å²) in [5.41, 5.74) is 0.642. The number of fused-ring (bicyclic) bond motifs is 1. The van der Waals surface area contributed by atoms with E-state index in [0.29, 0.717) is 5.41 Å². The Balaban J connectivity index is 1.71. The average molecular weight is 196 g/mol. The number of piperidine rings is 1. The quantitative estimate of drug-likeness (QED) is 0.609. The molecule has 0 radical (unpaired) electrons. The van der Waals surface area contributed by atoms with Gasteiger partial charge in [0.1, 0.15) is 0 Å². The van der Waals surface area contributed by atoms with Crippen molar-refractivity contribution in [2.24, 2.45) is 5.41 Å². The van der Waals surface area contributed by atoms with Crippen molar-refractivity contribution in [2.45, 2.75) is 25.3 Å². The SMILES string of the molecule is C1CC2(CCN1)CC1COCCN1C2. The highest BCUT2D eigenvalue weighted by atomic mass is 16.5. The summed E-state index contributed by atoms with van der Waals surface area (Å²) in [6.07, 6.45) is 4.13. The molecule has 0 aromatic heterocycles. The molecule has 80 valence electrons. The van der Waals surface area contributed by atoms with Crippen molar-refractivity contribution in [3.05, 3.63) is 0 Å². The number of nitrogens with zero attached hydrogens (tertiary/aromatic N) is 1. The van der Waals surface area contributed by atoms with Crippen molar-refractivity contribution < 1.29 is 4.74 Å². The lowest BCUT2D eigenvalue weighted by atomic mass is 9.77. The van der Waals surface area contributed by atoms with Crippen LogP contribution in [0.5, 0.6) is 0 Å². The Morgan fingerprint density at radius 3 is 2.93 bits per heavy atom. The minimum atomic E-state index is 0.642. The number of ether oxygens (including phenoxy) is 1. The topological polar surface area (TPSA) is 24.5 Å². The first-order valence-electron chi connectivity index (χ1n) is 5.91. The Labute approximate surface area is 85.8 Å². The van der Waals surface area contributed by atoms with Crippen LogP contribution < -0.4 is 5.32 Å². The van der Waals surface area contributed by atoms with E-state index in [0.717, 1.165) is 19.3 Å². The highest BCUT2D eigenvalue weighted by Gasteiger charge is 2.44. The molecule has 1 unspecified atom stereocenters. The Hall–Kier alpha value is -0.120. The fraction of sp³-hybridized carbons (Fsp3) is 1.00. The third-order valence-electron chi connectivity index (χ3n) is 4.22. The van der Waals surface area contributed by atoms with Crippen LogP contribution in [-0.2, 0) is 4.74 Å². The van der Waals surface area contributed by atoms with Crippen molar-refractivity contribution in [2.75, 3.05) is 39.4 Å². The molecule has 14 heavy (non-hydrogen) atoms. The summed E-state index contributed by atoms with van der Waals surface area (Å²) in [6, 6.07) is 0.738. The molecule has 3 fully saturated rings. The molecule has 0 aromatic rings. The van der Waals surface area contributed by atoms with Crippen LogP contribution in [0.1, 0.15) is 19.3 Å². The zero-order valence-corrected chi connectivity index (χ0v) is 8.80. The number of hydrogen-bond acceptors (Lipinski definition) is 3. The number of hydrogen-bond donors (Lipinski definition) is 1. The van der Waals surface area contributed by atoms with Crippen LogP contribution in [0.4, 0.5) is 0 Å². The summed E-state index contributed by atoms with van der Waals surface area (Å²) < 4.78 is 5.56. The molecule has 1 spiro atoms. The first-order chi connectivity index (χ1) is 6.88. The van der Waals surface area contributed by atoms with Crippen molar-refractivity contribution in [3.63, 3.8) is 0 Å². The third kappa shape index (κ3) is 1.47. The summed E-state index contributed by atoms with van der Waals surface area (Å²) in [7, 11) is 0. The maximum atomic E-state index is 5.56. The van der Waals surface area contributed by atoms with Crippen molar-refractivity contribution in [3.8, 4) is 0 Å². The van der Waals surface area contributed by atoms with Crippen LogP contribution in [0.3, 0.4) is 0 Å². The van der Waals surface area contributed by atoms with Crippen LogP contribution >= 0.6 is 0 Å². The van der Waals surface area contributed by atoms with Gasteiger partial charge >= 0.3 is 0 Å². The standard InChI is InChI=1S/C11H20N2O/c1-3-12-4-2-11(1)7-10-8-14-6-5-13(10)9-11/h10,12H,1-9H2. The molecule has 3 aliphatic rings. The normalized spacial score (nSPS) is 37.3. The van der Waals surface area contributed by atoms with Crippen LogP contribution in [-0.4, -0.2) is 50.3 Å². The maximum Gasteiger partial charge on any atom is 0.0622 e. The Bertz CT molecular complexity index is 197. The van der Waals surface area contributed by atoms with E-state index in [9.17, 15) is 0 Å². The zero-order valence-electron chi connectivity index (χ0n) is 8.80. The zero-order chi connectivity index (χ0) is 9.43. The summed E-state index contributed by atoms with van der Waals surface area (Å²) in [5, 5.41) is 3.47. The minimum Gasteiger partial charge on any atom is -0.378 e. The fourth-order valence-electron chi connectivity index (χ4n) is 3.40. The Morgan fingerprint density at radius 1 is 1.29 bits per heavy atom. The van der Waals surface area contributed by atoms with Gasteiger partial charge in [-0.2, -0.15) is 0 Å². The van der Waals surface area contributed by atoms with Crippen molar-refractivity contribution >= 4 is 0 Å². The molecule has 0 aromatic carbocycles. The van der Waals surface area contributed by atoms with Crippen molar-refractivity contribution in [1.29, 1.82) is 0 Å². The number of nitrogens with one attached hydrogen (secondary N) is 1. The Morgan fingerprint density at radius 2 is 2.14 bits per heavy atom. The molecular weight excluding hydrogens is 176 g/mol. The van der Waals surface area contributed by atoms with E-state index >= 15 is 0 Å². The second kappa shape index (κ2) is 3.47. The summed E-state index contributed by atoms with van der Waals surface area (Å²) in [4.78, 5) is 2.66. The smallest absolute Gasteiger partial charge is 0.0622 e. The minimum absolute atomic E-state index is 0.642. The monoisotopic (exact) mass is 196 g/mol. The maximum absolute atomic E-state index is 5.56. The average Bonchev–Trinajstić information content (AvgIpc) is 2.56. The van der Waals surface area contributed by atoms with Crippen LogP contribution in [0.2, 0.25) is 0 Å². The number of morpholine rings is 1. The highest BCUT2D eigenvalue weighted by Crippen LogP contribution is 2.42. The van der Waals surface area contributed by atoms with Gasteiger partial charge in [0.05, 0.1) is 13.2 Å². The van der Waals surface area contributed by atoms with E-state index in [1.807, 2.05) is 0 Å². The summed E-state index contributed by atoms with van der Waals surface area (Å²) in [5.74, 6) is 0. The van der Waals surface area contributed by atoms with E-state index in [1.165, 1.54) is 45.4 Å². The van der Waals surface area contributed by atoms with Gasteiger partial charge in [0.2, 0.25) is 0 Å². The van der Waals surface area contributed by atoms with E-state index in [2.05, 4.69) is 10.2 Å². The van der Waals surface area contributed by atoms with E-state index in [4.69, 9.17) is 4.74 Å². The molecule has 0 amide bonds. The van der Waals surface area contributed by atoms with Crippen LogP contribution in [0.25, 0.3) is 0 Å². The van der Waals surface area contributed by atoms with Gasteiger partial charge in [-0.15, -0.1) is 0 Å². The molecule has 3 aliphatic heterocycles. The second-order valence-corrected chi connectivity index (χ2v) is 5.15. The predicted molar refractivity (Wildman–Crippen MR) is 55.3 cm³/mol.